The molecular weight excluding hydrogens is 446 g/mol. The molecule has 9 heteroatoms. The van der Waals surface area contributed by atoms with E-state index in [0.29, 0.717) is 36.4 Å². The molecule has 0 aliphatic carbocycles. The summed E-state index contributed by atoms with van der Waals surface area (Å²) < 4.78 is 24.8. The molecule has 0 saturated carbocycles. The van der Waals surface area contributed by atoms with Gasteiger partial charge in [0.2, 0.25) is 0 Å². The minimum absolute atomic E-state index is 0.0978. The third-order valence-electron chi connectivity index (χ3n) is 6.38. The number of hydrogen-bond donors (Lipinski definition) is 0. The predicted octanol–water partition coefficient (Wildman–Crippen LogP) is 5.96. The minimum atomic E-state index is 0.0978. The van der Waals surface area contributed by atoms with E-state index in [1.165, 1.54) is 0 Å². The Morgan fingerprint density at radius 2 is 1.40 bits per heavy atom. The van der Waals surface area contributed by atoms with Gasteiger partial charge in [0.25, 0.3) is 11.8 Å². The van der Waals surface area contributed by atoms with E-state index in [9.17, 15) is 0 Å². The van der Waals surface area contributed by atoms with E-state index in [1.807, 2.05) is 55.9 Å². The maximum absolute atomic E-state index is 5.92. The molecule has 182 valence electrons. The van der Waals surface area contributed by atoms with E-state index in [1.54, 1.807) is 12.5 Å². The van der Waals surface area contributed by atoms with E-state index in [4.69, 9.17) is 27.6 Å². The van der Waals surface area contributed by atoms with Crippen LogP contribution in [0, 0.1) is 20.8 Å². The maximum Gasteiger partial charge on any atom is 0.263 e. The largest absolute Gasteiger partial charge is 0.459 e. The van der Waals surface area contributed by atoms with Crippen LogP contribution in [0.15, 0.2) is 66.9 Å². The molecule has 0 saturated heterocycles. The summed E-state index contributed by atoms with van der Waals surface area (Å²) in [6.07, 6.45) is 7.16. The molecular formula is C26H29N5O4. The lowest BCUT2D eigenvalue weighted by molar-refractivity contribution is 0.137. The van der Waals surface area contributed by atoms with Crippen LogP contribution >= 0.6 is 0 Å². The molecule has 5 aromatic rings. The Balaban J connectivity index is 1.45. The Bertz CT molecular complexity index is 1300. The molecule has 2 atom stereocenters. The molecule has 0 aliphatic rings. The number of rotatable bonds is 9. The van der Waals surface area contributed by atoms with Crippen LogP contribution in [0.5, 0.6) is 0 Å². The number of nitrogens with zero attached hydrogens (tertiary/aromatic N) is 5. The topological polar surface area (TPSA) is 99.4 Å². The van der Waals surface area contributed by atoms with E-state index in [2.05, 4.69) is 30.0 Å². The van der Waals surface area contributed by atoms with Crippen molar-refractivity contribution in [2.24, 2.45) is 0 Å². The van der Waals surface area contributed by atoms with Gasteiger partial charge in [-0.15, -0.1) is 0 Å². The molecule has 0 fully saturated rings. The van der Waals surface area contributed by atoms with Crippen LogP contribution < -0.4 is 0 Å². The Kier molecular flexibility index (Phi) is 6.17. The van der Waals surface area contributed by atoms with Crippen LogP contribution in [0.4, 0.5) is 0 Å². The van der Waals surface area contributed by atoms with Crippen LogP contribution in [-0.4, -0.2) is 30.7 Å². The van der Waals surface area contributed by atoms with Crippen molar-refractivity contribution < 1.29 is 17.7 Å². The highest BCUT2D eigenvalue weighted by molar-refractivity contribution is 5.45. The normalized spacial score (nSPS) is 13.5. The molecule has 0 unspecified atom stereocenters. The standard InChI is InChI=1S/C26H29N5O4/c1-16-12-27-31(13-16)18(3)17(2)30(14-21-19(4)34-25(28-21)23-8-6-10-32-23)15-22-20(5)35-26(29-22)24-9-7-11-33-24/h6-13,17-18H,14-15H2,1-5H3/t17-,18+/m1/s1. The Morgan fingerprint density at radius 1 is 0.857 bits per heavy atom. The van der Waals surface area contributed by atoms with E-state index in [0.717, 1.165) is 28.5 Å². The third-order valence-corrected chi connectivity index (χ3v) is 6.38. The van der Waals surface area contributed by atoms with Gasteiger partial charge in [0.15, 0.2) is 11.5 Å². The van der Waals surface area contributed by atoms with Crippen molar-refractivity contribution in [3.05, 3.63) is 77.7 Å². The summed E-state index contributed by atoms with van der Waals surface area (Å²) in [7, 11) is 0. The fourth-order valence-electron chi connectivity index (χ4n) is 4.07. The summed E-state index contributed by atoms with van der Waals surface area (Å²) in [5, 5.41) is 4.54. The van der Waals surface area contributed by atoms with Crippen molar-refractivity contribution in [3.8, 4) is 23.3 Å². The molecule has 0 aromatic carbocycles. The average Bonchev–Trinajstić information content (AvgIpc) is 3.65. The van der Waals surface area contributed by atoms with Gasteiger partial charge in [-0.1, -0.05) is 0 Å². The molecule has 0 radical (unpaired) electrons. The smallest absolute Gasteiger partial charge is 0.263 e. The summed E-state index contributed by atoms with van der Waals surface area (Å²) in [6.45, 7) is 11.4. The highest BCUT2D eigenvalue weighted by atomic mass is 16.4. The van der Waals surface area contributed by atoms with Gasteiger partial charge in [0, 0.05) is 25.3 Å². The second-order valence-electron chi connectivity index (χ2n) is 8.88. The third kappa shape index (κ3) is 4.72. The first-order chi connectivity index (χ1) is 16.9. The van der Waals surface area contributed by atoms with Crippen molar-refractivity contribution in [2.45, 2.75) is 59.8 Å². The maximum atomic E-state index is 5.92. The first kappa shape index (κ1) is 22.9. The van der Waals surface area contributed by atoms with Gasteiger partial charge in [0.1, 0.15) is 11.5 Å². The second kappa shape index (κ2) is 9.42. The molecule has 5 rings (SSSR count). The second-order valence-corrected chi connectivity index (χ2v) is 8.88. The van der Waals surface area contributed by atoms with Crippen LogP contribution in [-0.2, 0) is 13.1 Å². The molecule has 0 bridgehead atoms. The Morgan fingerprint density at radius 3 is 1.83 bits per heavy atom. The van der Waals surface area contributed by atoms with Gasteiger partial charge >= 0.3 is 0 Å². The SMILES string of the molecule is Cc1cnn([C@@H](C)[C@@H](C)N(Cc2nc(-c3ccco3)oc2C)Cc2nc(-c3ccco3)oc2C)c1. The van der Waals surface area contributed by atoms with Gasteiger partial charge < -0.3 is 17.7 Å². The monoisotopic (exact) mass is 475 g/mol. The van der Waals surface area contributed by atoms with Gasteiger partial charge in [-0.2, -0.15) is 5.10 Å². The molecule has 35 heavy (non-hydrogen) atoms. The summed E-state index contributed by atoms with van der Waals surface area (Å²) in [4.78, 5) is 11.8. The van der Waals surface area contributed by atoms with Crippen LogP contribution in [0.1, 0.15) is 48.4 Å². The summed E-state index contributed by atoms with van der Waals surface area (Å²) in [5.41, 5.74) is 2.82. The fraction of sp³-hybridized carbons (Fsp3) is 0.346. The lowest BCUT2D eigenvalue weighted by Gasteiger charge is -2.32. The number of hydrogen-bond acceptors (Lipinski definition) is 8. The zero-order valence-electron chi connectivity index (χ0n) is 20.6. The summed E-state index contributed by atoms with van der Waals surface area (Å²) in [6, 6.07) is 7.53. The van der Waals surface area contributed by atoms with Crippen molar-refractivity contribution in [1.82, 2.24) is 24.6 Å². The number of furan rings is 2. The lowest BCUT2D eigenvalue weighted by Crippen LogP contribution is -2.38. The van der Waals surface area contributed by atoms with Gasteiger partial charge in [-0.25, -0.2) is 9.97 Å². The molecule has 9 nitrogen and oxygen atoms in total. The molecule has 0 aliphatic heterocycles. The zero-order chi connectivity index (χ0) is 24.5. The Labute approximate surface area is 203 Å². The fourth-order valence-corrected chi connectivity index (χ4v) is 4.07. The van der Waals surface area contributed by atoms with E-state index in [-0.39, 0.29) is 12.1 Å². The average molecular weight is 476 g/mol. The van der Waals surface area contributed by atoms with Crippen LogP contribution in [0.25, 0.3) is 23.3 Å². The molecule has 0 amide bonds. The highest BCUT2D eigenvalue weighted by Gasteiger charge is 2.27. The Hall–Kier alpha value is -3.85. The molecule has 5 heterocycles. The van der Waals surface area contributed by atoms with Crippen molar-refractivity contribution in [3.63, 3.8) is 0 Å². The van der Waals surface area contributed by atoms with Gasteiger partial charge in [0.05, 0.1) is 36.2 Å². The summed E-state index contributed by atoms with van der Waals surface area (Å²) >= 11 is 0. The zero-order valence-corrected chi connectivity index (χ0v) is 20.6. The molecule has 0 spiro atoms. The number of aromatic nitrogens is 4. The first-order valence-corrected chi connectivity index (χ1v) is 11.6. The molecule has 0 N–H and O–H groups in total. The van der Waals surface area contributed by atoms with E-state index < -0.39 is 0 Å². The molecule has 5 aromatic heterocycles. The van der Waals surface area contributed by atoms with Gasteiger partial charge in [-0.3, -0.25) is 9.58 Å². The van der Waals surface area contributed by atoms with Gasteiger partial charge in [-0.05, 0) is 64.4 Å². The van der Waals surface area contributed by atoms with Crippen molar-refractivity contribution in [1.29, 1.82) is 0 Å². The first-order valence-electron chi connectivity index (χ1n) is 11.6. The minimum Gasteiger partial charge on any atom is -0.459 e. The summed E-state index contributed by atoms with van der Waals surface area (Å²) in [5.74, 6) is 3.67. The predicted molar refractivity (Wildman–Crippen MR) is 128 cm³/mol. The number of aryl methyl sites for hydroxylation is 3. The quantitative estimate of drug-likeness (QED) is 0.258. The van der Waals surface area contributed by atoms with E-state index >= 15 is 0 Å². The lowest BCUT2D eigenvalue weighted by atomic mass is 10.1. The number of oxazole rings is 2. The highest BCUT2D eigenvalue weighted by Crippen LogP contribution is 2.28. The van der Waals surface area contributed by atoms with Crippen molar-refractivity contribution in [2.75, 3.05) is 0 Å². The van der Waals surface area contributed by atoms with Crippen molar-refractivity contribution >= 4 is 0 Å². The van der Waals surface area contributed by atoms with Crippen LogP contribution in [0.3, 0.4) is 0 Å². The van der Waals surface area contributed by atoms with Crippen LogP contribution in [0.2, 0.25) is 0 Å².